The Bertz CT molecular complexity index is 276. The molecule has 1 N–H and O–H groups in total. The summed E-state index contributed by atoms with van der Waals surface area (Å²) in [6.45, 7) is 6.24. The van der Waals surface area contributed by atoms with Crippen LogP contribution >= 0.6 is 0 Å². The van der Waals surface area contributed by atoms with Crippen LogP contribution in [0.3, 0.4) is 0 Å². The van der Waals surface area contributed by atoms with Gasteiger partial charge in [0.1, 0.15) is 0 Å². The lowest BCUT2D eigenvalue weighted by molar-refractivity contribution is 0.185. The molecule has 0 heterocycles. The van der Waals surface area contributed by atoms with Gasteiger partial charge in [0, 0.05) is 0 Å². The van der Waals surface area contributed by atoms with Gasteiger partial charge in [0.15, 0.2) is 0 Å². The summed E-state index contributed by atoms with van der Waals surface area (Å²) in [7, 11) is 0. The Kier molecular flexibility index (Phi) is 4.15. The highest BCUT2D eigenvalue weighted by Crippen LogP contribution is 2.16. The minimum atomic E-state index is -0.197. The Balaban J connectivity index is 2.64. The van der Waals surface area contributed by atoms with Crippen molar-refractivity contribution >= 4 is 0 Å². The molecule has 78 valence electrons. The van der Waals surface area contributed by atoms with Gasteiger partial charge in [0.2, 0.25) is 0 Å². The molecule has 0 saturated carbocycles. The van der Waals surface area contributed by atoms with E-state index in [-0.39, 0.29) is 6.10 Å². The Morgan fingerprint density at radius 2 is 1.93 bits per heavy atom. The van der Waals surface area contributed by atoms with Crippen LogP contribution in [0.25, 0.3) is 0 Å². The lowest BCUT2D eigenvalue weighted by Crippen LogP contribution is -2.01. The molecule has 0 aliphatic heterocycles. The SMILES string of the molecule is CC(C)c1cccc(CC[C@H](C)O)c1. The predicted molar refractivity (Wildman–Crippen MR) is 60.5 cm³/mol. The van der Waals surface area contributed by atoms with E-state index in [0.717, 1.165) is 12.8 Å². The maximum atomic E-state index is 9.19. The molecule has 0 bridgehead atoms. The van der Waals surface area contributed by atoms with Crippen molar-refractivity contribution in [1.29, 1.82) is 0 Å². The van der Waals surface area contributed by atoms with Crippen molar-refractivity contribution in [1.82, 2.24) is 0 Å². The highest BCUT2D eigenvalue weighted by molar-refractivity contribution is 5.25. The summed E-state index contributed by atoms with van der Waals surface area (Å²) < 4.78 is 0. The van der Waals surface area contributed by atoms with Crippen molar-refractivity contribution in [2.24, 2.45) is 0 Å². The van der Waals surface area contributed by atoms with Crippen molar-refractivity contribution < 1.29 is 5.11 Å². The maximum absolute atomic E-state index is 9.19. The van der Waals surface area contributed by atoms with E-state index in [0.29, 0.717) is 5.92 Å². The summed E-state index contributed by atoms with van der Waals surface area (Å²) in [5, 5.41) is 9.19. The fourth-order valence-corrected chi connectivity index (χ4v) is 1.48. The van der Waals surface area contributed by atoms with Crippen LogP contribution in [-0.2, 0) is 6.42 Å². The minimum absolute atomic E-state index is 0.197. The van der Waals surface area contributed by atoms with Crippen molar-refractivity contribution in [3.8, 4) is 0 Å². The van der Waals surface area contributed by atoms with Crippen LogP contribution in [0.5, 0.6) is 0 Å². The number of aryl methyl sites for hydroxylation is 1. The van der Waals surface area contributed by atoms with Crippen LogP contribution in [0.4, 0.5) is 0 Å². The van der Waals surface area contributed by atoms with Gasteiger partial charge >= 0.3 is 0 Å². The second-order valence-electron chi connectivity index (χ2n) is 4.29. The van der Waals surface area contributed by atoms with Gasteiger partial charge in [-0.25, -0.2) is 0 Å². The van der Waals surface area contributed by atoms with Gasteiger partial charge in [-0.3, -0.25) is 0 Å². The zero-order chi connectivity index (χ0) is 10.6. The molecule has 1 aromatic carbocycles. The number of hydrogen-bond acceptors (Lipinski definition) is 1. The predicted octanol–water partition coefficient (Wildman–Crippen LogP) is 3.12. The highest BCUT2D eigenvalue weighted by Gasteiger charge is 2.01. The summed E-state index contributed by atoms with van der Waals surface area (Å²) in [6.07, 6.45) is 1.62. The number of benzene rings is 1. The third kappa shape index (κ3) is 3.51. The lowest BCUT2D eigenvalue weighted by atomic mass is 9.98. The number of aliphatic hydroxyl groups is 1. The second-order valence-corrected chi connectivity index (χ2v) is 4.29. The second kappa shape index (κ2) is 5.16. The molecule has 1 nitrogen and oxygen atoms in total. The Morgan fingerprint density at radius 1 is 1.21 bits per heavy atom. The van der Waals surface area contributed by atoms with Gasteiger partial charge in [-0.05, 0) is 36.8 Å². The summed E-state index contributed by atoms with van der Waals surface area (Å²) in [6, 6.07) is 8.64. The lowest BCUT2D eigenvalue weighted by Gasteiger charge is -2.08. The van der Waals surface area contributed by atoms with Crippen LogP contribution in [0.15, 0.2) is 24.3 Å². The molecule has 0 aliphatic carbocycles. The van der Waals surface area contributed by atoms with E-state index < -0.39 is 0 Å². The molecule has 0 unspecified atom stereocenters. The maximum Gasteiger partial charge on any atom is 0.0515 e. The van der Waals surface area contributed by atoms with Crippen molar-refractivity contribution in [3.05, 3.63) is 35.4 Å². The molecular weight excluding hydrogens is 172 g/mol. The summed E-state index contributed by atoms with van der Waals surface area (Å²) >= 11 is 0. The molecular formula is C13H20O. The highest BCUT2D eigenvalue weighted by atomic mass is 16.3. The minimum Gasteiger partial charge on any atom is -0.393 e. The molecule has 0 aromatic heterocycles. The molecule has 1 heteroatoms. The quantitative estimate of drug-likeness (QED) is 0.777. The van der Waals surface area contributed by atoms with Crippen molar-refractivity contribution in [3.63, 3.8) is 0 Å². The molecule has 1 rings (SSSR count). The zero-order valence-corrected chi connectivity index (χ0v) is 9.33. The van der Waals surface area contributed by atoms with Gasteiger partial charge in [-0.1, -0.05) is 38.1 Å². The standard InChI is InChI=1S/C13H20O/c1-10(2)13-6-4-5-12(9-13)8-7-11(3)14/h4-6,9-11,14H,7-8H2,1-3H3/t11-/m0/s1. The molecule has 14 heavy (non-hydrogen) atoms. The number of aliphatic hydroxyl groups excluding tert-OH is 1. The van der Waals surface area contributed by atoms with Crippen LogP contribution in [0.1, 0.15) is 44.2 Å². The normalized spacial score (nSPS) is 13.2. The molecule has 0 radical (unpaired) electrons. The first-order valence-corrected chi connectivity index (χ1v) is 5.36. The first-order chi connectivity index (χ1) is 6.59. The third-order valence-corrected chi connectivity index (χ3v) is 2.47. The number of hydrogen-bond donors (Lipinski definition) is 1. The summed E-state index contributed by atoms with van der Waals surface area (Å²) in [5.74, 6) is 0.585. The van der Waals surface area contributed by atoms with Crippen LogP contribution in [0, 0.1) is 0 Å². The van der Waals surface area contributed by atoms with E-state index in [1.54, 1.807) is 0 Å². The molecule has 0 saturated heterocycles. The smallest absolute Gasteiger partial charge is 0.0515 e. The van der Waals surface area contributed by atoms with Crippen LogP contribution < -0.4 is 0 Å². The van der Waals surface area contributed by atoms with Gasteiger partial charge in [0.25, 0.3) is 0 Å². The first-order valence-electron chi connectivity index (χ1n) is 5.36. The number of rotatable bonds is 4. The summed E-state index contributed by atoms with van der Waals surface area (Å²) in [5.41, 5.74) is 2.71. The van der Waals surface area contributed by atoms with Gasteiger partial charge in [0.05, 0.1) is 6.10 Å². The third-order valence-electron chi connectivity index (χ3n) is 2.47. The molecule has 0 aliphatic rings. The van der Waals surface area contributed by atoms with E-state index >= 15 is 0 Å². The van der Waals surface area contributed by atoms with E-state index in [1.807, 2.05) is 6.92 Å². The largest absolute Gasteiger partial charge is 0.393 e. The van der Waals surface area contributed by atoms with Gasteiger partial charge in [-0.15, -0.1) is 0 Å². The Labute approximate surface area is 86.8 Å². The Hall–Kier alpha value is -0.820. The zero-order valence-electron chi connectivity index (χ0n) is 9.33. The van der Waals surface area contributed by atoms with E-state index in [2.05, 4.69) is 38.1 Å². The van der Waals surface area contributed by atoms with Gasteiger partial charge < -0.3 is 5.11 Å². The molecule has 0 spiro atoms. The van der Waals surface area contributed by atoms with E-state index in [4.69, 9.17) is 0 Å². The van der Waals surface area contributed by atoms with Crippen LogP contribution in [0.2, 0.25) is 0 Å². The average molecular weight is 192 g/mol. The first kappa shape index (κ1) is 11.3. The van der Waals surface area contributed by atoms with E-state index in [9.17, 15) is 5.11 Å². The van der Waals surface area contributed by atoms with Gasteiger partial charge in [-0.2, -0.15) is 0 Å². The summed E-state index contributed by atoms with van der Waals surface area (Å²) in [4.78, 5) is 0. The molecule has 1 aromatic rings. The molecule has 0 fully saturated rings. The monoisotopic (exact) mass is 192 g/mol. The fourth-order valence-electron chi connectivity index (χ4n) is 1.48. The topological polar surface area (TPSA) is 20.2 Å². The van der Waals surface area contributed by atoms with Crippen molar-refractivity contribution in [2.75, 3.05) is 0 Å². The van der Waals surface area contributed by atoms with Crippen molar-refractivity contribution in [2.45, 2.75) is 45.6 Å². The molecule has 1 atom stereocenters. The average Bonchev–Trinajstić information content (AvgIpc) is 2.15. The van der Waals surface area contributed by atoms with E-state index in [1.165, 1.54) is 11.1 Å². The molecule has 0 amide bonds. The van der Waals surface area contributed by atoms with Crippen LogP contribution in [-0.4, -0.2) is 11.2 Å². The Morgan fingerprint density at radius 3 is 2.50 bits per heavy atom. The fraction of sp³-hybridized carbons (Fsp3) is 0.538.